The van der Waals surface area contributed by atoms with Crippen molar-refractivity contribution >= 4 is 6.03 Å². The van der Waals surface area contributed by atoms with E-state index in [1.165, 1.54) is 5.56 Å². The van der Waals surface area contributed by atoms with Gasteiger partial charge in [0.15, 0.2) is 0 Å². The van der Waals surface area contributed by atoms with Crippen molar-refractivity contribution in [3.63, 3.8) is 0 Å². The van der Waals surface area contributed by atoms with Gasteiger partial charge in [0.2, 0.25) is 0 Å². The molecule has 20 heavy (non-hydrogen) atoms. The fraction of sp³-hybridized carbons (Fsp3) is 0.250. The maximum Gasteiger partial charge on any atom is 0.315 e. The molecule has 1 unspecified atom stereocenters. The first kappa shape index (κ1) is 14.1. The first-order valence-corrected chi connectivity index (χ1v) is 6.66. The lowest BCUT2D eigenvalue weighted by Crippen LogP contribution is -2.37. The number of rotatable bonds is 4. The monoisotopic (exact) mass is 269 g/mol. The molecule has 0 saturated heterocycles. The van der Waals surface area contributed by atoms with Gasteiger partial charge in [0.05, 0.1) is 11.7 Å². The lowest BCUT2D eigenvalue weighted by molar-refractivity contribution is 0.237. The molecule has 2 aromatic rings. The van der Waals surface area contributed by atoms with Crippen LogP contribution in [0.25, 0.3) is 0 Å². The topological polar surface area (TPSA) is 54.0 Å². The van der Waals surface area contributed by atoms with Gasteiger partial charge in [-0.3, -0.25) is 4.98 Å². The Bertz CT molecular complexity index is 569. The number of pyridine rings is 1. The van der Waals surface area contributed by atoms with Crippen LogP contribution in [0.15, 0.2) is 48.7 Å². The van der Waals surface area contributed by atoms with Gasteiger partial charge in [-0.15, -0.1) is 0 Å². The van der Waals surface area contributed by atoms with Crippen molar-refractivity contribution < 1.29 is 4.79 Å². The van der Waals surface area contributed by atoms with Crippen molar-refractivity contribution in [1.82, 2.24) is 15.6 Å². The van der Waals surface area contributed by atoms with E-state index in [9.17, 15) is 4.79 Å². The smallest absolute Gasteiger partial charge is 0.315 e. The van der Waals surface area contributed by atoms with Crippen molar-refractivity contribution in [2.24, 2.45) is 0 Å². The first-order valence-electron chi connectivity index (χ1n) is 6.66. The van der Waals surface area contributed by atoms with Crippen LogP contribution in [-0.4, -0.2) is 11.0 Å². The Morgan fingerprint density at radius 3 is 2.65 bits per heavy atom. The molecule has 1 aromatic heterocycles. The summed E-state index contributed by atoms with van der Waals surface area (Å²) in [6, 6.07) is 13.4. The third kappa shape index (κ3) is 3.82. The van der Waals surface area contributed by atoms with E-state index in [2.05, 4.69) is 15.6 Å². The number of nitrogens with one attached hydrogen (secondary N) is 2. The predicted molar refractivity (Wildman–Crippen MR) is 79.2 cm³/mol. The second kappa shape index (κ2) is 6.70. The zero-order valence-corrected chi connectivity index (χ0v) is 11.8. The normalized spacial score (nSPS) is 11.7. The zero-order chi connectivity index (χ0) is 14.4. The lowest BCUT2D eigenvalue weighted by Gasteiger charge is -2.14. The molecule has 0 spiro atoms. The third-order valence-electron chi connectivity index (χ3n) is 3.18. The number of hydrogen-bond donors (Lipinski definition) is 2. The Morgan fingerprint density at radius 2 is 1.95 bits per heavy atom. The summed E-state index contributed by atoms with van der Waals surface area (Å²) in [6.45, 7) is 4.47. The first-order chi connectivity index (χ1) is 9.66. The molecule has 2 N–H and O–H groups in total. The Balaban J connectivity index is 1.86. The number of benzene rings is 1. The number of urea groups is 1. The lowest BCUT2D eigenvalue weighted by atomic mass is 10.1. The van der Waals surface area contributed by atoms with Crippen LogP contribution in [0.5, 0.6) is 0 Å². The number of carbonyl (C=O) groups excluding carboxylic acids is 1. The number of aromatic nitrogens is 1. The SMILES string of the molecule is Cc1ccccc1CNC(=O)NC(C)c1ccccn1. The van der Waals surface area contributed by atoms with Crippen LogP contribution in [0.2, 0.25) is 0 Å². The molecule has 0 radical (unpaired) electrons. The average molecular weight is 269 g/mol. The molecule has 104 valence electrons. The number of nitrogens with zero attached hydrogens (tertiary/aromatic N) is 1. The van der Waals surface area contributed by atoms with E-state index in [1.54, 1.807) is 6.20 Å². The number of aryl methyl sites for hydroxylation is 1. The van der Waals surface area contributed by atoms with Crippen LogP contribution in [0.3, 0.4) is 0 Å². The summed E-state index contributed by atoms with van der Waals surface area (Å²) in [5, 5.41) is 5.74. The molecule has 1 heterocycles. The second-order valence-corrected chi connectivity index (χ2v) is 4.73. The van der Waals surface area contributed by atoms with Gasteiger partial charge in [0.25, 0.3) is 0 Å². The summed E-state index contributed by atoms with van der Waals surface area (Å²) in [7, 11) is 0. The standard InChI is InChI=1S/C16H19N3O/c1-12-7-3-4-8-14(12)11-18-16(20)19-13(2)15-9-5-6-10-17-15/h3-10,13H,11H2,1-2H3,(H2,18,19,20). The number of hydrogen-bond acceptors (Lipinski definition) is 2. The van der Waals surface area contributed by atoms with E-state index in [0.29, 0.717) is 6.54 Å². The van der Waals surface area contributed by atoms with Crippen LogP contribution >= 0.6 is 0 Å². The van der Waals surface area contributed by atoms with E-state index in [1.807, 2.05) is 56.3 Å². The zero-order valence-electron chi connectivity index (χ0n) is 11.8. The van der Waals surface area contributed by atoms with Crippen molar-refractivity contribution in [3.8, 4) is 0 Å². The van der Waals surface area contributed by atoms with Gasteiger partial charge < -0.3 is 10.6 Å². The van der Waals surface area contributed by atoms with Crippen LogP contribution in [0.1, 0.15) is 29.8 Å². The van der Waals surface area contributed by atoms with Gasteiger partial charge >= 0.3 is 6.03 Å². The summed E-state index contributed by atoms with van der Waals surface area (Å²) in [5.41, 5.74) is 3.14. The Labute approximate surface area is 119 Å². The molecule has 0 fully saturated rings. The molecule has 0 aliphatic heterocycles. The highest BCUT2D eigenvalue weighted by molar-refractivity contribution is 5.74. The van der Waals surface area contributed by atoms with Crippen LogP contribution < -0.4 is 10.6 Å². The Kier molecular flexibility index (Phi) is 4.71. The van der Waals surface area contributed by atoms with Crippen molar-refractivity contribution in [2.75, 3.05) is 0 Å². The highest BCUT2D eigenvalue weighted by atomic mass is 16.2. The fourth-order valence-corrected chi connectivity index (χ4v) is 1.94. The third-order valence-corrected chi connectivity index (χ3v) is 3.18. The van der Waals surface area contributed by atoms with Crippen LogP contribution in [0.4, 0.5) is 4.79 Å². The van der Waals surface area contributed by atoms with E-state index >= 15 is 0 Å². The molecular formula is C16H19N3O. The van der Waals surface area contributed by atoms with Gasteiger partial charge in [-0.1, -0.05) is 30.3 Å². The molecule has 0 saturated carbocycles. The van der Waals surface area contributed by atoms with E-state index < -0.39 is 0 Å². The molecular weight excluding hydrogens is 250 g/mol. The fourth-order valence-electron chi connectivity index (χ4n) is 1.94. The van der Waals surface area contributed by atoms with E-state index in [4.69, 9.17) is 0 Å². The van der Waals surface area contributed by atoms with E-state index in [0.717, 1.165) is 11.3 Å². The molecule has 0 aliphatic carbocycles. The van der Waals surface area contributed by atoms with Gasteiger partial charge in [0, 0.05) is 12.7 Å². The summed E-state index contributed by atoms with van der Waals surface area (Å²) in [6.07, 6.45) is 1.72. The minimum atomic E-state index is -0.189. The van der Waals surface area contributed by atoms with Gasteiger partial charge in [0.1, 0.15) is 0 Å². The summed E-state index contributed by atoms with van der Waals surface area (Å²) >= 11 is 0. The highest BCUT2D eigenvalue weighted by Crippen LogP contribution is 2.08. The molecule has 4 heteroatoms. The predicted octanol–water partition coefficient (Wildman–Crippen LogP) is 2.95. The molecule has 2 amide bonds. The Hall–Kier alpha value is -2.36. The van der Waals surface area contributed by atoms with Gasteiger partial charge in [-0.25, -0.2) is 4.79 Å². The summed E-state index contributed by atoms with van der Waals surface area (Å²) in [4.78, 5) is 16.1. The van der Waals surface area contributed by atoms with Crippen LogP contribution in [0, 0.1) is 6.92 Å². The minimum absolute atomic E-state index is 0.118. The van der Waals surface area contributed by atoms with E-state index in [-0.39, 0.29) is 12.1 Å². The number of amides is 2. The highest BCUT2D eigenvalue weighted by Gasteiger charge is 2.09. The van der Waals surface area contributed by atoms with Gasteiger partial charge in [-0.05, 0) is 37.1 Å². The molecule has 2 rings (SSSR count). The van der Waals surface area contributed by atoms with Crippen molar-refractivity contribution in [3.05, 3.63) is 65.5 Å². The van der Waals surface area contributed by atoms with Gasteiger partial charge in [-0.2, -0.15) is 0 Å². The quantitative estimate of drug-likeness (QED) is 0.896. The maximum absolute atomic E-state index is 11.9. The number of carbonyl (C=O) groups is 1. The van der Waals surface area contributed by atoms with Crippen molar-refractivity contribution in [2.45, 2.75) is 26.4 Å². The molecule has 4 nitrogen and oxygen atoms in total. The second-order valence-electron chi connectivity index (χ2n) is 4.73. The molecule has 1 atom stereocenters. The van der Waals surface area contributed by atoms with Crippen molar-refractivity contribution in [1.29, 1.82) is 0 Å². The maximum atomic E-state index is 11.9. The average Bonchev–Trinajstić information content (AvgIpc) is 2.47. The summed E-state index contributed by atoms with van der Waals surface area (Å²) < 4.78 is 0. The largest absolute Gasteiger partial charge is 0.334 e. The Morgan fingerprint density at radius 1 is 1.20 bits per heavy atom. The minimum Gasteiger partial charge on any atom is -0.334 e. The summed E-state index contributed by atoms with van der Waals surface area (Å²) in [5.74, 6) is 0. The van der Waals surface area contributed by atoms with Crippen LogP contribution in [-0.2, 0) is 6.54 Å². The molecule has 1 aromatic carbocycles. The molecule has 0 bridgehead atoms. The molecule has 0 aliphatic rings.